The molecule has 0 aliphatic carbocycles. The van der Waals surface area contributed by atoms with Gasteiger partial charge in [-0.25, -0.2) is 0 Å². The highest BCUT2D eigenvalue weighted by molar-refractivity contribution is 5.77. The van der Waals surface area contributed by atoms with Crippen LogP contribution in [-0.2, 0) is 14.3 Å². The molecule has 0 radical (unpaired) electrons. The maximum Gasteiger partial charge on any atom is 0.245 e. The van der Waals surface area contributed by atoms with Gasteiger partial charge in [0.05, 0.1) is 0 Å². The van der Waals surface area contributed by atoms with Gasteiger partial charge in [0.2, 0.25) is 5.91 Å². The lowest BCUT2D eigenvalue weighted by Crippen LogP contribution is -2.29. The minimum Gasteiger partial charge on any atom is -0.381 e. The second-order valence-electron chi connectivity index (χ2n) is 3.37. The largest absolute Gasteiger partial charge is 0.381 e. The molecule has 0 aromatic rings. The molecule has 4 nitrogen and oxygen atoms in total. The molecule has 0 aliphatic heterocycles. The SMILES string of the molecule is CCCOCCCNC(=O)COCCC. The quantitative estimate of drug-likeness (QED) is 0.562. The minimum atomic E-state index is -0.0426. The van der Waals surface area contributed by atoms with Gasteiger partial charge in [0.1, 0.15) is 6.61 Å². The Balaban J connectivity index is 3.10. The Bertz CT molecular complexity index is 151. The van der Waals surface area contributed by atoms with Gasteiger partial charge in [-0.15, -0.1) is 0 Å². The Labute approximate surface area is 92.3 Å². The molecule has 0 bridgehead atoms. The van der Waals surface area contributed by atoms with Gasteiger partial charge in [-0.2, -0.15) is 0 Å². The minimum absolute atomic E-state index is 0.0426. The van der Waals surface area contributed by atoms with Crippen LogP contribution in [0.2, 0.25) is 0 Å². The van der Waals surface area contributed by atoms with Gasteiger partial charge in [-0.3, -0.25) is 4.79 Å². The lowest BCUT2D eigenvalue weighted by molar-refractivity contribution is -0.125. The van der Waals surface area contributed by atoms with E-state index in [-0.39, 0.29) is 12.5 Å². The van der Waals surface area contributed by atoms with Gasteiger partial charge in [0.25, 0.3) is 0 Å². The van der Waals surface area contributed by atoms with E-state index >= 15 is 0 Å². The molecule has 15 heavy (non-hydrogen) atoms. The summed E-state index contributed by atoms with van der Waals surface area (Å²) in [6.07, 6.45) is 2.84. The molecule has 0 heterocycles. The molecule has 0 saturated heterocycles. The molecule has 0 aliphatic rings. The number of hydrogen-bond acceptors (Lipinski definition) is 3. The van der Waals surface area contributed by atoms with Crippen LogP contribution in [0.4, 0.5) is 0 Å². The summed E-state index contributed by atoms with van der Waals surface area (Å²) in [7, 11) is 0. The first-order valence-corrected chi connectivity index (χ1v) is 5.73. The highest BCUT2D eigenvalue weighted by Gasteiger charge is 1.99. The normalized spacial score (nSPS) is 10.3. The monoisotopic (exact) mass is 217 g/mol. The van der Waals surface area contributed by atoms with Crippen molar-refractivity contribution in [2.45, 2.75) is 33.1 Å². The van der Waals surface area contributed by atoms with Crippen LogP contribution in [0.1, 0.15) is 33.1 Å². The molecule has 1 N–H and O–H groups in total. The smallest absolute Gasteiger partial charge is 0.245 e. The van der Waals surface area contributed by atoms with Gasteiger partial charge in [0.15, 0.2) is 0 Å². The summed E-state index contributed by atoms with van der Waals surface area (Å²) >= 11 is 0. The summed E-state index contributed by atoms with van der Waals surface area (Å²) in [5, 5.41) is 2.77. The highest BCUT2D eigenvalue weighted by Crippen LogP contribution is 1.84. The molecule has 4 heteroatoms. The Kier molecular flexibility index (Phi) is 11.0. The summed E-state index contributed by atoms with van der Waals surface area (Å²) in [5.74, 6) is -0.0426. The zero-order valence-corrected chi connectivity index (χ0v) is 9.88. The van der Waals surface area contributed by atoms with E-state index in [4.69, 9.17) is 9.47 Å². The first-order valence-electron chi connectivity index (χ1n) is 5.73. The average molecular weight is 217 g/mol. The maximum absolute atomic E-state index is 11.1. The van der Waals surface area contributed by atoms with Crippen LogP contribution in [0.3, 0.4) is 0 Å². The highest BCUT2D eigenvalue weighted by atomic mass is 16.5. The van der Waals surface area contributed by atoms with E-state index in [0.717, 1.165) is 25.9 Å². The van der Waals surface area contributed by atoms with Crippen molar-refractivity contribution in [3.8, 4) is 0 Å². The lowest BCUT2D eigenvalue weighted by atomic mass is 10.4. The number of amides is 1. The average Bonchev–Trinajstić information content (AvgIpc) is 2.23. The van der Waals surface area contributed by atoms with E-state index in [0.29, 0.717) is 19.8 Å². The topological polar surface area (TPSA) is 47.6 Å². The van der Waals surface area contributed by atoms with E-state index in [1.165, 1.54) is 0 Å². The number of nitrogens with one attached hydrogen (secondary N) is 1. The molecular weight excluding hydrogens is 194 g/mol. The van der Waals surface area contributed by atoms with Crippen molar-refractivity contribution >= 4 is 5.91 Å². The van der Waals surface area contributed by atoms with E-state index in [2.05, 4.69) is 12.2 Å². The second kappa shape index (κ2) is 11.5. The zero-order chi connectivity index (χ0) is 11.4. The fraction of sp³-hybridized carbons (Fsp3) is 0.909. The summed E-state index contributed by atoms with van der Waals surface area (Å²) < 4.78 is 10.4. The van der Waals surface area contributed by atoms with Crippen molar-refractivity contribution in [2.24, 2.45) is 0 Å². The zero-order valence-electron chi connectivity index (χ0n) is 9.88. The molecule has 0 saturated carbocycles. The Morgan fingerprint density at radius 3 is 2.40 bits per heavy atom. The van der Waals surface area contributed by atoms with Crippen LogP contribution in [0.25, 0.3) is 0 Å². The van der Waals surface area contributed by atoms with Crippen LogP contribution < -0.4 is 5.32 Å². The third-order valence-electron chi connectivity index (χ3n) is 1.72. The number of hydrogen-bond donors (Lipinski definition) is 1. The maximum atomic E-state index is 11.1. The number of rotatable bonds is 10. The predicted molar refractivity (Wildman–Crippen MR) is 59.8 cm³/mol. The molecule has 0 aromatic heterocycles. The lowest BCUT2D eigenvalue weighted by Gasteiger charge is -2.05. The van der Waals surface area contributed by atoms with Crippen molar-refractivity contribution in [3.63, 3.8) is 0 Å². The van der Waals surface area contributed by atoms with Crippen molar-refractivity contribution in [2.75, 3.05) is 33.0 Å². The van der Waals surface area contributed by atoms with Crippen LogP contribution in [0, 0.1) is 0 Å². The van der Waals surface area contributed by atoms with Crippen LogP contribution in [-0.4, -0.2) is 38.9 Å². The van der Waals surface area contributed by atoms with E-state index in [1.807, 2.05) is 6.92 Å². The number of carbonyl (C=O) groups is 1. The molecule has 0 spiro atoms. The summed E-state index contributed by atoms with van der Waals surface area (Å²) in [6, 6.07) is 0. The van der Waals surface area contributed by atoms with Crippen molar-refractivity contribution in [1.29, 1.82) is 0 Å². The van der Waals surface area contributed by atoms with Crippen molar-refractivity contribution in [1.82, 2.24) is 5.32 Å². The molecular formula is C11H23NO3. The first kappa shape index (κ1) is 14.4. The molecule has 0 unspecified atom stereocenters. The first-order chi connectivity index (χ1) is 7.31. The molecule has 0 atom stereocenters. The van der Waals surface area contributed by atoms with E-state index < -0.39 is 0 Å². The second-order valence-corrected chi connectivity index (χ2v) is 3.37. The standard InChI is InChI=1S/C11H23NO3/c1-3-7-14-9-5-6-12-11(13)10-15-8-4-2/h3-10H2,1-2H3,(H,12,13). The van der Waals surface area contributed by atoms with Crippen LogP contribution in [0.5, 0.6) is 0 Å². The number of carbonyl (C=O) groups excluding carboxylic acids is 1. The van der Waals surface area contributed by atoms with Crippen LogP contribution in [0.15, 0.2) is 0 Å². The molecule has 1 amide bonds. The van der Waals surface area contributed by atoms with Gasteiger partial charge in [0, 0.05) is 26.4 Å². The van der Waals surface area contributed by atoms with E-state index in [1.54, 1.807) is 0 Å². The third kappa shape index (κ3) is 11.3. The Morgan fingerprint density at radius 2 is 1.73 bits per heavy atom. The van der Waals surface area contributed by atoms with Gasteiger partial charge >= 0.3 is 0 Å². The van der Waals surface area contributed by atoms with Crippen molar-refractivity contribution in [3.05, 3.63) is 0 Å². The Hall–Kier alpha value is -0.610. The van der Waals surface area contributed by atoms with Gasteiger partial charge in [-0.1, -0.05) is 13.8 Å². The summed E-state index contributed by atoms with van der Waals surface area (Å²) in [6.45, 7) is 7.09. The predicted octanol–water partition coefficient (Wildman–Crippen LogP) is 1.35. The molecule has 0 fully saturated rings. The summed E-state index contributed by atoms with van der Waals surface area (Å²) in [5.41, 5.74) is 0. The molecule has 0 rings (SSSR count). The molecule has 90 valence electrons. The number of ether oxygens (including phenoxy) is 2. The van der Waals surface area contributed by atoms with Gasteiger partial charge in [-0.05, 0) is 19.3 Å². The van der Waals surface area contributed by atoms with Crippen molar-refractivity contribution < 1.29 is 14.3 Å². The van der Waals surface area contributed by atoms with Gasteiger partial charge < -0.3 is 14.8 Å². The molecule has 0 aromatic carbocycles. The summed E-state index contributed by atoms with van der Waals surface area (Å²) in [4.78, 5) is 11.1. The van der Waals surface area contributed by atoms with E-state index in [9.17, 15) is 4.79 Å². The fourth-order valence-electron chi connectivity index (χ4n) is 1.01. The third-order valence-corrected chi connectivity index (χ3v) is 1.72. The fourth-order valence-corrected chi connectivity index (χ4v) is 1.01. The van der Waals surface area contributed by atoms with Crippen LogP contribution >= 0.6 is 0 Å². The Morgan fingerprint density at radius 1 is 1.07 bits per heavy atom.